The molecule has 1 atom stereocenters. The van der Waals surface area contributed by atoms with Crippen LogP contribution in [0.4, 0.5) is 0 Å². The third-order valence-electron chi connectivity index (χ3n) is 6.47. The Balaban J connectivity index is 2.22. The first-order valence-electron chi connectivity index (χ1n) is 13.0. The van der Waals surface area contributed by atoms with Crippen molar-refractivity contribution in [2.75, 3.05) is 13.7 Å². The number of aromatic nitrogens is 2. The van der Waals surface area contributed by atoms with Crippen molar-refractivity contribution in [3.05, 3.63) is 64.2 Å². The minimum absolute atomic E-state index is 0.0802. The number of ether oxygens (including phenoxy) is 1. The number of methoxy groups -OCH3 is 1. The van der Waals surface area contributed by atoms with Crippen LogP contribution in [0.3, 0.4) is 0 Å². The number of unbranched alkanes of at least 4 members (excludes halogenated alkanes) is 3. The second-order valence-electron chi connectivity index (χ2n) is 10.9. The van der Waals surface area contributed by atoms with E-state index < -0.39 is 6.04 Å². The average Bonchev–Trinajstić information content (AvgIpc) is 2.82. The Morgan fingerprint density at radius 1 is 1.11 bits per heavy atom. The van der Waals surface area contributed by atoms with E-state index in [9.17, 15) is 9.59 Å². The zero-order chi connectivity index (χ0) is 26.5. The van der Waals surface area contributed by atoms with Crippen LogP contribution in [-0.2, 0) is 4.79 Å². The largest absolute Gasteiger partial charge is 0.495 e. The summed E-state index contributed by atoms with van der Waals surface area (Å²) in [6.07, 6.45) is 4.67. The van der Waals surface area contributed by atoms with Crippen LogP contribution < -0.4 is 10.3 Å². The van der Waals surface area contributed by atoms with Crippen LogP contribution in [0.25, 0.3) is 16.6 Å². The Morgan fingerprint density at radius 3 is 2.50 bits per heavy atom. The quantitative estimate of drug-likeness (QED) is 0.299. The average molecular weight is 492 g/mol. The lowest BCUT2D eigenvalue weighted by Crippen LogP contribution is -2.39. The van der Waals surface area contributed by atoms with Gasteiger partial charge in [-0.3, -0.25) is 14.2 Å². The number of amides is 1. The number of rotatable bonds is 10. The van der Waals surface area contributed by atoms with Crippen LogP contribution in [0.2, 0.25) is 0 Å². The predicted molar refractivity (Wildman–Crippen MR) is 147 cm³/mol. The Morgan fingerprint density at radius 2 is 1.83 bits per heavy atom. The van der Waals surface area contributed by atoms with Gasteiger partial charge in [-0.15, -0.1) is 0 Å². The number of hydrogen-bond donors (Lipinski definition) is 0. The van der Waals surface area contributed by atoms with E-state index in [1.165, 1.54) is 0 Å². The fraction of sp³-hybridized carbons (Fsp3) is 0.500. The molecule has 0 N–H and O–H groups in total. The van der Waals surface area contributed by atoms with Gasteiger partial charge in [-0.2, -0.15) is 0 Å². The molecule has 0 aliphatic carbocycles. The van der Waals surface area contributed by atoms with Crippen molar-refractivity contribution in [3.63, 3.8) is 0 Å². The first kappa shape index (κ1) is 27.4. The van der Waals surface area contributed by atoms with Gasteiger partial charge in [0.25, 0.3) is 5.56 Å². The molecule has 0 saturated heterocycles. The highest BCUT2D eigenvalue weighted by Crippen LogP contribution is 2.30. The van der Waals surface area contributed by atoms with Crippen molar-refractivity contribution in [1.29, 1.82) is 0 Å². The minimum atomic E-state index is -0.399. The summed E-state index contributed by atoms with van der Waals surface area (Å²) in [6.45, 7) is 13.0. The molecule has 6 nitrogen and oxygen atoms in total. The molecular weight excluding hydrogens is 450 g/mol. The molecule has 0 saturated carbocycles. The van der Waals surface area contributed by atoms with Gasteiger partial charge in [-0.05, 0) is 55.5 Å². The van der Waals surface area contributed by atoms with Crippen molar-refractivity contribution in [1.82, 2.24) is 14.5 Å². The van der Waals surface area contributed by atoms with Gasteiger partial charge in [0.05, 0.1) is 29.7 Å². The predicted octanol–water partition coefficient (Wildman–Crippen LogP) is 6.61. The molecule has 0 bridgehead atoms. The second-order valence-corrected chi connectivity index (χ2v) is 10.9. The van der Waals surface area contributed by atoms with Crippen molar-refractivity contribution < 1.29 is 9.53 Å². The molecule has 3 rings (SSSR count). The summed E-state index contributed by atoms with van der Waals surface area (Å²) in [7, 11) is 1.60. The number of benzene rings is 2. The van der Waals surface area contributed by atoms with E-state index in [2.05, 4.69) is 27.7 Å². The van der Waals surface area contributed by atoms with Gasteiger partial charge in [0, 0.05) is 13.0 Å². The molecule has 3 aromatic rings. The van der Waals surface area contributed by atoms with Crippen LogP contribution >= 0.6 is 0 Å². The summed E-state index contributed by atoms with van der Waals surface area (Å²) in [4.78, 5) is 34.4. The molecule has 0 aliphatic heterocycles. The van der Waals surface area contributed by atoms with Gasteiger partial charge in [-0.25, -0.2) is 4.98 Å². The first-order valence-corrected chi connectivity index (χ1v) is 13.0. The second kappa shape index (κ2) is 11.7. The molecule has 1 aromatic heterocycles. The van der Waals surface area contributed by atoms with Gasteiger partial charge in [0.2, 0.25) is 5.91 Å². The molecule has 1 amide bonds. The first-order chi connectivity index (χ1) is 17.1. The summed E-state index contributed by atoms with van der Waals surface area (Å²) >= 11 is 0. The van der Waals surface area contributed by atoms with Gasteiger partial charge in [-0.1, -0.05) is 65.2 Å². The van der Waals surface area contributed by atoms with Gasteiger partial charge in [0.1, 0.15) is 11.6 Å². The number of carbonyl (C=O) groups is 1. The summed E-state index contributed by atoms with van der Waals surface area (Å²) in [5.74, 6) is 1.21. The molecular formula is C30H41N3O3. The van der Waals surface area contributed by atoms with Crippen LogP contribution in [0, 0.1) is 12.3 Å². The normalized spacial score (nSPS) is 12.5. The molecule has 2 aromatic carbocycles. The number of hydrogen-bond acceptors (Lipinski definition) is 4. The maximum Gasteiger partial charge on any atom is 0.266 e. The van der Waals surface area contributed by atoms with Gasteiger partial charge >= 0.3 is 0 Å². The van der Waals surface area contributed by atoms with E-state index in [1.807, 2.05) is 55.1 Å². The molecule has 1 unspecified atom stereocenters. The molecule has 1 heterocycles. The lowest BCUT2D eigenvalue weighted by atomic mass is 9.91. The standard InChI is InChI=1S/C30H41N3O3/c1-8-9-10-13-18-32(27(34)20-30(4,5)6)22(3)28-31-24-15-12-11-14-23(24)29(35)33(28)25-19-21(2)16-17-26(25)36-7/h11-12,14-17,19,22H,8-10,13,18,20H2,1-7H3. The molecule has 0 fully saturated rings. The Kier molecular flexibility index (Phi) is 8.93. The van der Waals surface area contributed by atoms with E-state index in [1.54, 1.807) is 17.7 Å². The lowest BCUT2D eigenvalue weighted by Gasteiger charge is -2.33. The third-order valence-corrected chi connectivity index (χ3v) is 6.47. The van der Waals surface area contributed by atoms with Crippen LogP contribution in [-0.4, -0.2) is 34.0 Å². The summed E-state index contributed by atoms with van der Waals surface area (Å²) in [6, 6.07) is 12.7. The van der Waals surface area contributed by atoms with Crippen LogP contribution in [0.1, 0.15) is 84.2 Å². The van der Waals surface area contributed by atoms with E-state index in [-0.39, 0.29) is 16.9 Å². The highest BCUT2D eigenvalue weighted by atomic mass is 16.5. The fourth-order valence-electron chi connectivity index (χ4n) is 4.58. The van der Waals surface area contributed by atoms with Gasteiger partial charge in [0.15, 0.2) is 0 Å². The molecule has 0 radical (unpaired) electrons. The Hall–Kier alpha value is -3.15. The Labute approximate surface area is 215 Å². The highest BCUT2D eigenvalue weighted by Gasteiger charge is 2.29. The van der Waals surface area contributed by atoms with Gasteiger partial charge < -0.3 is 9.64 Å². The third kappa shape index (κ3) is 6.34. The molecule has 6 heteroatoms. The number of aryl methyl sites for hydroxylation is 1. The fourth-order valence-corrected chi connectivity index (χ4v) is 4.58. The zero-order valence-electron chi connectivity index (χ0n) is 22.9. The SMILES string of the molecule is CCCCCCN(C(=O)CC(C)(C)C)C(C)c1nc2ccccc2c(=O)n1-c1cc(C)ccc1OC. The lowest BCUT2D eigenvalue weighted by molar-refractivity contribution is -0.135. The molecule has 0 aliphatic rings. The molecule has 194 valence electrons. The Bertz CT molecular complexity index is 1260. The smallest absolute Gasteiger partial charge is 0.266 e. The minimum Gasteiger partial charge on any atom is -0.495 e. The number of carbonyl (C=O) groups excluding carboxylic acids is 1. The van der Waals surface area contributed by atoms with Crippen LogP contribution in [0.5, 0.6) is 5.75 Å². The number of nitrogens with zero attached hydrogens (tertiary/aromatic N) is 3. The van der Waals surface area contributed by atoms with Crippen molar-refractivity contribution >= 4 is 16.8 Å². The van der Waals surface area contributed by atoms with E-state index in [0.717, 1.165) is 31.2 Å². The monoisotopic (exact) mass is 491 g/mol. The van der Waals surface area contributed by atoms with Crippen LogP contribution in [0.15, 0.2) is 47.3 Å². The highest BCUT2D eigenvalue weighted by molar-refractivity contribution is 5.79. The van der Waals surface area contributed by atoms with Crippen molar-refractivity contribution in [3.8, 4) is 11.4 Å². The summed E-state index contributed by atoms with van der Waals surface area (Å²) in [5, 5.41) is 0.535. The summed E-state index contributed by atoms with van der Waals surface area (Å²) in [5.41, 5.74) is 1.96. The number of para-hydroxylation sites is 1. The number of fused-ring (bicyclic) bond motifs is 1. The van der Waals surface area contributed by atoms with Crippen molar-refractivity contribution in [2.24, 2.45) is 5.41 Å². The molecule has 0 spiro atoms. The topological polar surface area (TPSA) is 64.4 Å². The van der Waals surface area contributed by atoms with E-state index in [4.69, 9.17) is 9.72 Å². The molecule has 36 heavy (non-hydrogen) atoms. The van der Waals surface area contributed by atoms with Crippen molar-refractivity contribution in [2.45, 2.75) is 79.7 Å². The summed E-state index contributed by atoms with van der Waals surface area (Å²) < 4.78 is 7.30. The van der Waals surface area contributed by atoms with E-state index >= 15 is 0 Å². The zero-order valence-corrected chi connectivity index (χ0v) is 22.9. The maximum absolute atomic E-state index is 13.9. The van der Waals surface area contributed by atoms with E-state index in [0.29, 0.717) is 41.1 Å². The maximum atomic E-state index is 13.9.